The molecule has 0 aromatic carbocycles. The van der Waals surface area contributed by atoms with Crippen LogP contribution < -0.4 is 10.6 Å². The molecular weight excluding hydrogens is 167 g/mol. The van der Waals surface area contributed by atoms with Gasteiger partial charge in [0.15, 0.2) is 0 Å². The van der Waals surface area contributed by atoms with Gasteiger partial charge in [-0.15, -0.1) is 0 Å². The number of hydrogen-bond acceptors (Lipinski definition) is 2. The number of amides is 2. The Kier molecular flexibility index (Phi) is 6.01. The van der Waals surface area contributed by atoms with Crippen molar-refractivity contribution in [3.63, 3.8) is 0 Å². The normalized spacial score (nSPS) is 19.4. The van der Waals surface area contributed by atoms with E-state index in [-0.39, 0.29) is 20.2 Å². The predicted molar refractivity (Wildman–Crippen MR) is 50.2 cm³/mol. The van der Waals surface area contributed by atoms with Crippen LogP contribution in [0.4, 0.5) is 0 Å². The largest absolute Gasteiger partial charge is 0.356 e. The summed E-state index contributed by atoms with van der Waals surface area (Å²) in [5.74, 6) is 0.407. The third-order valence-electron chi connectivity index (χ3n) is 1.81. The van der Waals surface area contributed by atoms with Crippen LogP contribution in [0.1, 0.15) is 25.7 Å². The van der Waals surface area contributed by atoms with Crippen LogP contribution >= 0.6 is 0 Å². The van der Waals surface area contributed by atoms with Crippen molar-refractivity contribution < 1.29 is 9.59 Å². The second-order valence-electron chi connectivity index (χ2n) is 2.91. The Morgan fingerprint density at radius 2 is 1.23 bits per heavy atom. The maximum Gasteiger partial charge on any atom is 0.220 e. The average Bonchev–Trinajstić information content (AvgIpc) is 2.63. The van der Waals surface area contributed by atoms with Gasteiger partial charge in [0.05, 0.1) is 0 Å². The van der Waals surface area contributed by atoms with Crippen molar-refractivity contribution >= 4 is 20.2 Å². The summed E-state index contributed by atoms with van der Waals surface area (Å²) in [7, 11) is 0. The first kappa shape index (κ1) is 12.0. The molecule has 0 bridgehead atoms. The zero-order valence-corrected chi connectivity index (χ0v) is 7.64. The van der Waals surface area contributed by atoms with E-state index >= 15 is 0 Å². The van der Waals surface area contributed by atoms with Crippen molar-refractivity contribution in [1.29, 1.82) is 0 Å². The highest BCUT2D eigenvalue weighted by atomic mass is 16.2. The van der Waals surface area contributed by atoms with Crippen LogP contribution in [-0.4, -0.2) is 33.3 Å². The van der Waals surface area contributed by atoms with Gasteiger partial charge in [-0.3, -0.25) is 9.59 Å². The van der Waals surface area contributed by atoms with Crippen molar-refractivity contribution in [3.05, 3.63) is 0 Å². The van der Waals surface area contributed by atoms with E-state index in [9.17, 15) is 9.59 Å². The first-order chi connectivity index (χ1) is 5.79. The number of rotatable bonds is 0. The molecule has 2 fully saturated rings. The molecule has 2 N–H and O–H groups in total. The second kappa shape index (κ2) is 6.51. The predicted octanol–water partition coefficient (Wildman–Crippen LogP) is -0.588. The quantitative estimate of drug-likeness (QED) is 0.491. The molecule has 0 aromatic rings. The minimum absolute atomic E-state index is 0. The van der Waals surface area contributed by atoms with E-state index in [2.05, 4.69) is 10.6 Å². The molecule has 0 atom stereocenters. The molecule has 2 amide bonds. The van der Waals surface area contributed by atoms with E-state index in [0.29, 0.717) is 0 Å². The lowest BCUT2D eigenvalue weighted by molar-refractivity contribution is -0.119. The summed E-state index contributed by atoms with van der Waals surface area (Å²) >= 11 is 0. The molecule has 0 spiro atoms. The molecule has 4 nitrogen and oxygen atoms in total. The summed E-state index contributed by atoms with van der Waals surface area (Å²) in [4.78, 5) is 20.3. The van der Waals surface area contributed by atoms with Gasteiger partial charge in [0.1, 0.15) is 0 Å². The summed E-state index contributed by atoms with van der Waals surface area (Å²) in [6, 6.07) is 0. The first-order valence-electron chi connectivity index (χ1n) is 4.32. The van der Waals surface area contributed by atoms with Gasteiger partial charge < -0.3 is 10.6 Å². The molecule has 0 aliphatic carbocycles. The van der Waals surface area contributed by atoms with E-state index in [1.807, 2.05) is 0 Å². The molecule has 2 heterocycles. The number of carbonyl (C=O) groups excluding carboxylic acids is 2. The highest BCUT2D eigenvalue weighted by Gasteiger charge is 2.05. The van der Waals surface area contributed by atoms with Crippen LogP contribution in [-0.2, 0) is 9.59 Å². The molecule has 5 heteroatoms. The Morgan fingerprint density at radius 1 is 0.846 bits per heavy atom. The molecule has 0 aromatic heterocycles. The zero-order chi connectivity index (χ0) is 8.81. The van der Waals surface area contributed by atoms with Crippen molar-refractivity contribution in [2.24, 2.45) is 0 Å². The molecule has 2 aliphatic rings. The second-order valence-corrected chi connectivity index (χ2v) is 2.91. The lowest BCUT2D eigenvalue weighted by atomic mass is 10.4. The van der Waals surface area contributed by atoms with E-state index in [1.165, 1.54) is 0 Å². The van der Waals surface area contributed by atoms with Gasteiger partial charge >= 0.3 is 0 Å². The maximum absolute atomic E-state index is 10.1. The third kappa shape index (κ3) is 5.28. The molecule has 2 saturated heterocycles. The fraction of sp³-hybridized carbons (Fsp3) is 0.750. The molecule has 2 aliphatic heterocycles. The molecule has 0 saturated carbocycles. The van der Waals surface area contributed by atoms with Crippen LogP contribution in [0.15, 0.2) is 0 Å². The number of hydrogen-bond donors (Lipinski definition) is 2. The summed E-state index contributed by atoms with van der Waals surface area (Å²) in [5, 5.41) is 5.36. The standard InChI is InChI=1S/2C4H7NO.B/c2*6-4-2-1-3-5-4;/h2*1-3H2,(H,5,6);. The molecule has 0 unspecified atom stereocenters. The van der Waals surface area contributed by atoms with Crippen molar-refractivity contribution in [1.82, 2.24) is 10.6 Å². The Morgan fingerprint density at radius 3 is 1.31 bits per heavy atom. The molecule has 13 heavy (non-hydrogen) atoms. The monoisotopic (exact) mass is 181 g/mol. The van der Waals surface area contributed by atoms with Crippen LogP contribution in [0.2, 0.25) is 0 Å². The van der Waals surface area contributed by atoms with E-state index in [0.717, 1.165) is 38.8 Å². The molecule has 3 radical (unpaired) electrons. The minimum Gasteiger partial charge on any atom is -0.356 e. The van der Waals surface area contributed by atoms with Crippen LogP contribution in [0.3, 0.4) is 0 Å². The summed E-state index contributed by atoms with van der Waals surface area (Å²) in [5.41, 5.74) is 0. The average molecular weight is 181 g/mol. The lowest BCUT2D eigenvalue weighted by Crippen LogP contribution is -2.12. The van der Waals surface area contributed by atoms with Crippen LogP contribution in [0.5, 0.6) is 0 Å². The van der Waals surface area contributed by atoms with Gasteiger partial charge in [-0.2, -0.15) is 0 Å². The number of nitrogens with one attached hydrogen (secondary N) is 2. The van der Waals surface area contributed by atoms with Crippen LogP contribution in [0, 0.1) is 0 Å². The summed E-state index contributed by atoms with van der Waals surface area (Å²) in [6.07, 6.45) is 3.53. The zero-order valence-electron chi connectivity index (χ0n) is 7.64. The summed E-state index contributed by atoms with van der Waals surface area (Å²) < 4.78 is 0. The highest BCUT2D eigenvalue weighted by molar-refractivity contribution is 5.77. The molecule has 71 valence electrons. The maximum atomic E-state index is 10.1. The van der Waals surface area contributed by atoms with Gasteiger partial charge in [0, 0.05) is 34.3 Å². The van der Waals surface area contributed by atoms with Gasteiger partial charge in [0.25, 0.3) is 0 Å². The highest BCUT2D eigenvalue weighted by Crippen LogP contribution is 1.93. The van der Waals surface area contributed by atoms with E-state index in [1.54, 1.807) is 0 Å². The topological polar surface area (TPSA) is 58.2 Å². The Hall–Kier alpha value is -0.995. The Balaban J connectivity index is 0.000000206. The van der Waals surface area contributed by atoms with Gasteiger partial charge in [-0.05, 0) is 12.8 Å². The van der Waals surface area contributed by atoms with Gasteiger partial charge in [-0.1, -0.05) is 0 Å². The number of carbonyl (C=O) groups is 2. The Labute approximate surface area is 80.0 Å². The lowest BCUT2D eigenvalue weighted by Gasteiger charge is -1.80. The third-order valence-corrected chi connectivity index (χ3v) is 1.81. The van der Waals surface area contributed by atoms with Gasteiger partial charge in [-0.25, -0.2) is 0 Å². The summed E-state index contributed by atoms with van der Waals surface area (Å²) in [6.45, 7) is 1.78. The van der Waals surface area contributed by atoms with Crippen molar-refractivity contribution in [2.75, 3.05) is 13.1 Å². The van der Waals surface area contributed by atoms with Crippen LogP contribution in [0.25, 0.3) is 0 Å². The van der Waals surface area contributed by atoms with E-state index in [4.69, 9.17) is 0 Å². The SMILES string of the molecule is O=C1CCCN1.O=C1CCCN1.[B]. The van der Waals surface area contributed by atoms with E-state index < -0.39 is 0 Å². The minimum atomic E-state index is 0. The Bertz CT molecular complexity index is 149. The fourth-order valence-corrected chi connectivity index (χ4v) is 1.13. The van der Waals surface area contributed by atoms with Gasteiger partial charge in [0.2, 0.25) is 11.8 Å². The molecule has 2 rings (SSSR count). The van der Waals surface area contributed by atoms with Crippen molar-refractivity contribution in [2.45, 2.75) is 25.7 Å². The molecular formula is C8H14BN2O2. The smallest absolute Gasteiger partial charge is 0.220 e. The first-order valence-corrected chi connectivity index (χ1v) is 4.32. The fourth-order valence-electron chi connectivity index (χ4n) is 1.13. The van der Waals surface area contributed by atoms with Crippen molar-refractivity contribution in [3.8, 4) is 0 Å².